The highest BCUT2D eigenvalue weighted by atomic mass is 32.2. The van der Waals surface area contributed by atoms with Crippen LogP contribution in [0.3, 0.4) is 0 Å². The van der Waals surface area contributed by atoms with Gasteiger partial charge in [0.25, 0.3) is 5.69 Å². The third-order valence-corrected chi connectivity index (χ3v) is 4.55. The molecule has 2 N–H and O–H groups in total. The average Bonchev–Trinajstić information content (AvgIpc) is 2.31. The molecule has 8 heteroatoms. The lowest BCUT2D eigenvalue weighted by Crippen LogP contribution is -2.27. The molecule has 20 heavy (non-hydrogen) atoms. The van der Waals surface area contributed by atoms with E-state index in [4.69, 9.17) is 5.11 Å². The molecule has 0 amide bonds. The van der Waals surface area contributed by atoms with Crippen LogP contribution in [0.4, 0.5) is 5.69 Å². The second-order valence-electron chi connectivity index (χ2n) is 4.68. The monoisotopic (exact) mass is 302 g/mol. The average molecular weight is 302 g/mol. The first-order valence-corrected chi connectivity index (χ1v) is 7.57. The number of aryl methyl sites for hydroxylation is 1. The van der Waals surface area contributed by atoms with Crippen molar-refractivity contribution in [1.29, 1.82) is 0 Å². The lowest BCUT2D eigenvalue weighted by atomic mass is 10.1. The summed E-state index contributed by atoms with van der Waals surface area (Å²) < 4.78 is 26.6. The van der Waals surface area contributed by atoms with Crippen LogP contribution in [0.5, 0.6) is 0 Å². The van der Waals surface area contributed by atoms with Gasteiger partial charge >= 0.3 is 0 Å². The second-order valence-corrected chi connectivity index (χ2v) is 6.41. The number of nitro benzene ring substituents is 1. The number of non-ortho nitro benzene ring substituents is 1. The standard InChI is InChI=1S/C12H18N2O5S/c1-8-6-11(14(16)17)7-12(10(8)3)20(18,19)13-5-4-9(2)15/h6-7,9,13,15H,4-5H2,1-3H3. The predicted molar refractivity (Wildman–Crippen MR) is 74.1 cm³/mol. The molecule has 0 saturated carbocycles. The third-order valence-electron chi connectivity index (χ3n) is 2.96. The van der Waals surface area contributed by atoms with E-state index in [2.05, 4.69) is 4.72 Å². The van der Waals surface area contributed by atoms with Gasteiger partial charge in [-0.15, -0.1) is 0 Å². The van der Waals surface area contributed by atoms with Crippen LogP contribution in [0.25, 0.3) is 0 Å². The topological polar surface area (TPSA) is 110 Å². The molecule has 0 spiro atoms. The Morgan fingerprint density at radius 3 is 2.50 bits per heavy atom. The van der Waals surface area contributed by atoms with E-state index in [0.717, 1.165) is 6.07 Å². The van der Waals surface area contributed by atoms with Gasteiger partial charge < -0.3 is 5.11 Å². The van der Waals surface area contributed by atoms with E-state index in [0.29, 0.717) is 11.1 Å². The van der Waals surface area contributed by atoms with Crippen LogP contribution in [-0.2, 0) is 10.0 Å². The first-order chi connectivity index (χ1) is 9.15. The minimum Gasteiger partial charge on any atom is -0.393 e. The Morgan fingerprint density at radius 2 is 2.00 bits per heavy atom. The van der Waals surface area contributed by atoms with Crippen molar-refractivity contribution in [3.05, 3.63) is 33.4 Å². The maximum atomic E-state index is 12.1. The number of benzene rings is 1. The zero-order chi connectivity index (χ0) is 15.5. The Bertz CT molecular complexity index is 611. The Labute approximate surface area is 117 Å². The lowest BCUT2D eigenvalue weighted by Gasteiger charge is -2.11. The van der Waals surface area contributed by atoms with Gasteiger partial charge in [0.15, 0.2) is 0 Å². The number of aliphatic hydroxyl groups is 1. The molecule has 1 atom stereocenters. The van der Waals surface area contributed by atoms with Crippen molar-refractivity contribution in [2.24, 2.45) is 0 Å². The fraction of sp³-hybridized carbons (Fsp3) is 0.500. The highest BCUT2D eigenvalue weighted by Crippen LogP contribution is 2.25. The van der Waals surface area contributed by atoms with E-state index in [1.807, 2.05) is 0 Å². The molecule has 112 valence electrons. The van der Waals surface area contributed by atoms with Crippen molar-refractivity contribution in [2.45, 2.75) is 38.2 Å². The highest BCUT2D eigenvalue weighted by molar-refractivity contribution is 7.89. The van der Waals surface area contributed by atoms with Crippen LogP contribution in [0.1, 0.15) is 24.5 Å². The Morgan fingerprint density at radius 1 is 1.40 bits per heavy atom. The van der Waals surface area contributed by atoms with Crippen LogP contribution in [-0.4, -0.2) is 31.1 Å². The maximum absolute atomic E-state index is 12.1. The Kier molecular flexibility index (Phi) is 5.21. The normalized spacial score (nSPS) is 13.2. The molecule has 0 aliphatic carbocycles. The second kappa shape index (κ2) is 6.29. The van der Waals surface area contributed by atoms with E-state index in [1.54, 1.807) is 20.8 Å². The van der Waals surface area contributed by atoms with Crippen LogP contribution in [0.15, 0.2) is 17.0 Å². The first kappa shape index (κ1) is 16.5. The molecule has 1 unspecified atom stereocenters. The third kappa shape index (κ3) is 3.99. The largest absolute Gasteiger partial charge is 0.393 e. The van der Waals surface area contributed by atoms with Crippen LogP contribution < -0.4 is 4.72 Å². The van der Waals surface area contributed by atoms with Crippen molar-refractivity contribution in [3.8, 4) is 0 Å². The molecule has 7 nitrogen and oxygen atoms in total. The number of nitrogens with one attached hydrogen (secondary N) is 1. The molecule has 0 aromatic heterocycles. The molecule has 0 aliphatic heterocycles. The van der Waals surface area contributed by atoms with Crippen LogP contribution in [0, 0.1) is 24.0 Å². The van der Waals surface area contributed by atoms with Gasteiger partial charge in [-0.1, -0.05) is 0 Å². The van der Waals surface area contributed by atoms with E-state index < -0.39 is 21.1 Å². The first-order valence-electron chi connectivity index (χ1n) is 6.08. The van der Waals surface area contributed by atoms with E-state index in [9.17, 15) is 18.5 Å². The molecule has 1 aromatic carbocycles. The molecule has 0 fully saturated rings. The Balaban J connectivity index is 3.14. The lowest BCUT2D eigenvalue weighted by molar-refractivity contribution is -0.385. The highest BCUT2D eigenvalue weighted by Gasteiger charge is 2.22. The smallest absolute Gasteiger partial charge is 0.271 e. The number of sulfonamides is 1. The number of hydrogen-bond donors (Lipinski definition) is 2. The molecular formula is C12H18N2O5S. The zero-order valence-corrected chi connectivity index (χ0v) is 12.4. The van der Waals surface area contributed by atoms with E-state index >= 15 is 0 Å². The molecule has 0 aliphatic rings. The summed E-state index contributed by atoms with van der Waals surface area (Å²) in [4.78, 5) is 10.1. The Hall–Kier alpha value is -1.51. The summed E-state index contributed by atoms with van der Waals surface area (Å²) in [6, 6.07) is 2.39. The van der Waals surface area contributed by atoms with Crippen LogP contribution in [0.2, 0.25) is 0 Å². The molecule has 0 bridgehead atoms. The van der Waals surface area contributed by atoms with Gasteiger partial charge in [0.2, 0.25) is 10.0 Å². The maximum Gasteiger partial charge on any atom is 0.271 e. The number of aliphatic hydroxyl groups excluding tert-OH is 1. The van der Waals surface area contributed by atoms with Gasteiger partial charge in [0.1, 0.15) is 0 Å². The van der Waals surface area contributed by atoms with E-state index in [1.165, 1.54) is 6.07 Å². The minimum atomic E-state index is -3.83. The number of hydrogen-bond acceptors (Lipinski definition) is 5. The fourth-order valence-electron chi connectivity index (χ4n) is 1.67. The number of nitro groups is 1. The van der Waals surface area contributed by atoms with Crippen molar-refractivity contribution in [2.75, 3.05) is 6.54 Å². The van der Waals surface area contributed by atoms with Crippen LogP contribution >= 0.6 is 0 Å². The minimum absolute atomic E-state index is 0.0706. The molecule has 0 heterocycles. The van der Waals surface area contributed by atoms with Crippen molar-refractivity contribution < 1.29 is 18.4 Å². The SMILES string of the molecule is Cc1cc([N+](=O)[O-])cc(S(=O)(=O)NCCC(C)O)c1C. The summed E-state index contributed by atoms with van der Waals surface area (Å²) in [7, 11) is -3.83. The molecule has 1 rings (SSSR count). The summed E-state index contributed by atoms with van der Waals surface area (Å²) in [6.07, 6.45) is -0.350. The molecule has 0 saturated heterocycles. The van der Waals surface area contributed by atoms with Gasteiger partial charge in [-0.25, -0.2) is 13.1 Å². The number of rotatable bonds is 6. The summed E-state index contributed by atoms with van der Waals surface area (Å²) in [5.41, 5.74) is 0.749. The fourth-order valence-corrected chi connectivity index (χ4v) is 3.06. The molecule has 0 radical (unpaired) electrons. The van der Waals surface area contributed by atoms with E-state index in [-0.39, 0.29) is 23.5 Å². The van der Waals surface area contributed by atoms with Gasteiger partial charge in [-0.05, 0) is 38.3 Å². The van der Waals surface area contributed by atoms with Gasteiger partial charge in [-0.3, -0.25) is 10.1 Å². The van der Waals surface area contributed by atoms with Gasteiger partial charge in [-0.2, -0.15) is 0 Å². The predicted octanol–water partition coefficient (Wildman–Crippen LogP) is 1.26. The quantitative estimate of drug-likeness (QED) is 0.607. The zero-order valence-electron chi connectivity index (χ0n) is 11.6. The molecular weight excluding hydrogens is 284 g/mol. The van der Waals surface area contributed by atoms with Gasteiger partial charge in [0.05, 0.1) is 15.9 Å². The summed E-state index contributed by atoms with van der Waals surface area (Å²) in [6.45, 7) is 4.84. The summed E-state index contributed by atoms with van der Waals surface area (Å²) >= 11 is 0. The summed E-state index contributed by atoms with van der Waals surface area (Å²) in [5, 5.41) is 19.9. The number of nitrogens with zero attached hydrogens (tertiary/aromatic N) is 1. The van der Waals surface area contributed by atoms with Crippen molar-refractivity contribution in [3.63, 3.8) is 0 Å². The summed E-state index contributed by atoms with van der Waals surface area (Å²) in [5.74, 6) is 0. The van der Waals surface area contributed by atoms with Crippen molar-refractivity contribution >= 4 is 15.7 Å². The van der Waals surface area contributed by atoms with Crippen molar-refractivity contribution in [1.82, 2.24) is 4.72 Å². The van der Waals surface area contributed by atoms with Gasteiger partial charge in [0, 0.05) is 18.7 Å². The molecule has 1 aromatic rings.